The number of anilines is 1. The fourth-order valence-electron chi connectivity index (χ4n) is 1.22. The van der Waals surface area contributed by atoms with Crippen LogP contribution in [0.2, 0.25) is 0 Å². The largest absolute Gasteiger partial charge is 0.398 e. The average Bonchev–Trinajstić information content (AvgIpc) is 2.15. The van der Waals surface area contributed by atoms with Gasteiger partial charge >= 0.3 is 0 Å². The molecule has 0 saturated heterocycles. The molecule has 0 aliphatic rings. The molecule has 0 atom stereocenters. The van der Waals surface area contributed by atoms with Gasteiger partial charge in [0.05, 0.1) is 6.61 Å². The van der Waals surface area contributed by atoms with Gasteiger partial charge in [-0.25, -0.2) is 0 Å². The maximum Gasteiger partial charge on any atom is 0.0748 e. The molecule has 0 bridgehead atoms. The molecule has 15 heavy (non-hydrogen) atoms. The van der Waals surface area contributed by atoms with Crippen molar-refractivity contribution in [2.45, 2.75) is 26.9 Å². The normalized spacial score (nSPS) is 10.9. The zero-order chi connectivity index (χ0) is 11.3. The lowest BCUT2D eigenvalue weighted by Gasteiger charge is -2.10. The van der Waals surface area contributed by atoms with Gasteiger partial charge < -0.3 is 10.5 Å². The minimum Gasteiger partial charge on any atom is -0.398 e. The molecule has 0 saturated carbocycles. The van der Waals surface area contributed by atoms with Gasteiger partial charge in [0, 0.05) is 22.3 Å². The van der Waals surface area contributed by atoms with Crippen molar-refractivity contribution in [2.75, 3.05) is 12.3 Å². The van der Waals surface area contributed by atoms with Crippen LogP contribution in [0.3, 0.4) is 0 Å². The molecule has 0 aromatic heterocycles. The maximum absolute atomic E-state index is 5.85. The Morgan fingerprint density at radius 2 is 2.13 bits per heavy atom. The van der Waals surface area contributed by atoms with Crippen molar-refractivity contribution in [2.24, 2.45) is 5.92 Å². The van der Waals surface area contributed by atoms with Crippen LogP contribution in [0.5, 0.6) is 0 Å². The number of hydrogen-bond donors (Lipinski definition) is 1. The number of hydrogen-bond acceptors (Lipinski definition) is 2. The highest BCUT2D eigenvalue weighted by molar-refractivity contribution is 9.10. The third-order valence-corrected chi connectivity index (χ3v) is 2.98. The van der Waals surface area contributed by atoms with Crippen molar-refractivity contribution < 1.29 is 4.74 Å². The molecule has 0 spiro atoms. The van der Waals surface area contributed by atoms with Crippen molar-refractivity contribution in [1.82, 2.24) is 0 Å². The van der Waals surface area contributed by atoms with E-state index in [1.54, 1.807) is 0 Å². The molecule has 0 aliphatic carbocycles. The summed E-state index contributed by atoms with van der Waals surface area (Å²) < 4.78 is 6.60. The van der Waals surface area contributed by atoms with Gasteiger partial charge in [-0.05, 0) is 24.5 Å². The molecule has 1 aromatic carbocycles. The van der Waals surface area contributed by atoms with E-state index < -0.39 is 0 Å². The Morgan fingerprint density at radius 1 is 1.40 bits per heavy atom. The summed E-state index contributed by atoms with van der Waals surface area (Å²) in [6.07, 6.45) is 1.09. The summed E-state index contributed by atoms with van der Waals surface area (Å²) in [4.78, 5) is 0. The third kappa shape index (κ3) is 4.22. The van der Waals surface area contributed by atoms with Crippen LogP contribution in [-0.2, 0) is 11.3 Å². The van der Waals surface area contributed by atoms with Crippen LogP contribution < -0.4 is 5.73 Å². The molecule has 1 aromatic rings. The molecule has 0 radical (unpaired) electrons. The van der Waals surface area contributed by atoms with Gasteiger partial charge in [0.15, 0.2) is 0 Å². The number of halogens is 1. The first kappa shape index (κ1) is 12.5. The maximum atomic E-state index is 5.85. The van der Waals surface area contributed by atoms with Crippen molar-refractivity contribution in [1.29, 1.82) is 0 Å². The van der Waals surface area contributed by atoms with Crippen LogP contribution in [-0.4, -0.2) is 6.61 Å². The summed E-state index contributed by atoms with van der Waals surface area (Å²) in [5, 5.41) is 0. The molecule has 0 fully saturated rings. The standard InChI is InChI=1S/C12H18BrNO/c1-9(2)6-7-15-8-10-11(13)4-3-5-12(10)14/h3-5,9H,6-8,14H2,1-2H3. The zero-order valence-electron chi connectivity index (χ0n) is 9.29. The van der Waals surface area contributed by atoms with E-state index in [0.29, 0.717) is 12.5 Å². The lowest BCUT2D eigenvalue weighted by Crippen LogP contribution is -2.02. The lowest BCUT2D eigenvalue weighted by atomic mass is 10.1. The summed E-state index contributed by atoms with van der Waals surface area (Å²) in [5.41, 5.74) is 7.68. The summed E-state index contributed by atoms with van der Waals surface area (Å²) in [6, 6.07) is 5.81. The van der Waals surface area contributed by atoms with Crippen molar-refractivity contribution >= 4 is 21.6 Å². The van der Waals surface area contributed by atoms with Gasteiger partial charge in [-0.1, -0.05) is 35.8 Å². The van der Waals surface area contributed by atoms with Crippen LogP contribution in [0.25, 0.3) is 0 Å². The first-order valence-corrected chi connectivity index (χ1v) is 6.01. The molecule has 2 nitrogen and oxygen atoms in total. The van der Waals surface area contributed by atoms with Gasteiger partial charge in [0.2, 0.25) is 0 Å². The fraction of sp³-hybridized carbons (Fsp3) is 0.500. The highest BCUT2D eigenvalue weighted by Gasteiger charge is 2.04. The van der Waals surface area contributed by atoms with Crippen LogP contribution >= 0.6 is 15.9 Å². The summed E-state index contributed by atoms with van der Waals surface area (Å²) >= 11 is 3.47. The fourth-order valence-corrected chi connectivity index (χ4v) is 1.72. The van der Waals surface area contributed by atoms with Crippen LogP contribution in [0, 0.1) is 5.92 Å². The Labute approximate surface area is 99.9 Å². The Morgan fingerprint density at radius 3 is 2.73 bits per heavy atom. The van der Waals surface area contributed by atoms with Crippen LogP contribution in [0.4, 0.5) is 5.69 Å². The van der Waals surface area contributed by atoms with Gasteiger partial charge in [0.25, 0.3) is 0 Å². The van der Waals surface area contributed by atoms with E-state index in [1.165, 1.54) is 0 Å². The Kier molecular flexibility index (Phi) is 5.12. The SMILES string of the molecule is CC(C)CCOCc1c(N)cccc1Br. The van der Waals surface area contributed by atoms with Crippen molar-refractivity contribution in [3.05, 3.63) is 28.2 Å². The number of nitrogen functional groups attached to an aromatic ring is 1. The first-order chi connectivity index (χ1) is 7.11. The highest BCUT2D eigenvalue weighted by atomic mass is 79.9. The second-order valence-corrected chi connectivity index (χ2v) is 4.90. The molecule has 1 rings (SSSR count). The molecule has 0 aliphatic heterocycles. The first-order valence-electron chi connectivity index (χ1n) is 5.22. The van der Waals surface area contributed by atoms with Crippen LogP contribution in [0.15, 0.2) is 22.7 Å². The van der Waals surface area contributed by atoms with Gasteiger partial charge in [-0.3, -0.25) is 0 Å². The quantitative estimate of drug-likeness (QED) is 0.656. The van der Waals surface area contributed by atoms with E-state index in [4.69, 9.17) is 10.5 Å². The molecule has 0 heterocycles. The number of ether oxygens (including phenoxy) is 1. The van der Waals surface area contributed by atoms with E-state index in [2.05, 4.69) is 29.8 Å². The minimum absolute atomic E-state index is 0.583. The molecule has 0 amide bonds. The second-order valence-electron chi connectivity index (χ2n) is 4.04. The molecule has 3 heteroatoms. The van der Waals surface area contributed by atoms with Gasteiger partial charge in [0.1, 0.15) is 0 Å². The number of nitrogens with two attached hydrogens (primary N) is 1. The van der Waals surface area contributed by atoms with E-state index in [9.17, 15) is 0 Å². The van der Waals surface area contributed by atoms with Crippen molar-refractivity contribution in [3.8, 4) is 0 Å². The number of rotatable bonds is 5. The lowest BCUT2D eigenvalue weighted by molar-refractivity contribution is 0.110. The predicted octanol–water partition coefficient (Wildman–Crippen LogP) is 3.59. The summed E-state index contributed by atoms with van der Waals surface area (Å²) in [7, 11) is 0. The summed E-state index contributed by atoms with van der Waals surface area (Å²) in [6.45, 7) is 5.75. The number of benzene rings is 1. The van der Waals surface area contributed by atoms with E-state index in [1.807, 2.05) is 18.2 Å². The van der Waals surface area contributed by atoms with E-state index in [-0.39, 0.29) is 0 Å². The molecule has 84 valence electrons. The molecular weight excluding hydrogens is 254 g/mol. The molecule has 2 N–H and O–H groups in total. The third-order valence-electron chi connectivity index (χ3n) is 2.24. The van der Waals surface area contributed by atoms with Gasteiger partial charge in [-0.15, -0.1) is 0 Å². The van der Waals surface area contributed by atoms with Gasteiger partial charge in [-0.2, -0.15) is 0 Å². The molecular formula is C12H18BrNO. The molecule has 0 unspecified atom stereocenters. The smallest absolute Gasteiger partial charge is 0.0748 e. The monoisotopic (exact) mass is 271 g/mol. The minimum atomic E-state index is 0.583. The topological polar surface area (TPSA) is 35.2 Å². The van der Waals surface area contributed by atoms with Crippen LogP contribution in [0.1, 0.15) is 25.8 Å². The van der Waals surface area contributed by atoms with E-state index in [0.717, 1.165) is 28.8 Å². The Bertz CT molecular complexity index is 292. The second kappa shape index (κ2) is 6.13. The average molecular weight is 272 g/mol. The highest BCUT2D eigenvalue weighted by Crippen LogP contribution is 2.23. The Balaban J connectivity index is 2.43. The summed E-state index contributed by atoms with van der Waals surface area (Å²) in [5.74, 6) is 0.682. The van der Waals surface area contributed by atoms with Crippen molar-refractivity contribution in [3.63, 3.8) is 0 Å². The zero-order valence-corrected chi connectivity index (χ0v) is 10.9. The van der Waals surface area contributed by atoms with E-state index >= 15 is 0 Å². The Hall–Kier alpha value is -0.540. The predicted molar refractivity (Wildman–Crippen MR) is 67.7 cm³/mol.